The number of aromatic nitrogens is 2. The van der Waals surface area contributed by atoms with Gasteiger partial charge in [0.05, 0.1) is 22.3 Å². The van der Waals surface area contributed by atoms with E-state index in [1.807, 2.05) is 6.20 Å². The van der Waals surface area contributed by atoms with Gasteiger partial charge < -0.3 is 15.4 Å². The summed E-state index contributed by atoms with van der Waals surface area (Å²) >= 11 is 2.25. The predicted molar refractivity (Wildman–Crippen MR) is 70.4 cm³/mol. The van der Waals surface area contributed by atoms with E-state index in [9.17, 15) is 0 Å². The van der Waals surface area contributed by atoms with Gasteiger partial charge in [0.25, 0.3) is 0 Å². The zero-order valence-electron chi connectivity index (χ0n) is 9.14. The number of halogens is 1. The summed E-state index contributed by atoms with van der Waals surface area (Å²) < 4.78 is 6.68. The first-order valence-corrected chi connectivity index (χ1v) is 6.34. The van der Waals surface area contributed by atoms with Gasteiger partial charge in [-0.05, 0) is 29.5 Å². The van der Waals surface area contributed by atoms with Gasteiger partial charge in [0.1, 0.15) is 12.1 Å². The van der Waals surface area contributed by atoms with Crippen LogP contribution in [0.5, 0.6) is 0 Å². The van der Waals surface area contributed by atoms with E-state index < -0.39 is 0 Å². The Hall–Kier alpha value is -0.470. The number of hydrogen-bond donors (Lipinski definition) is 1. The van der Waals surface area contributed by atoms with Crippen molar-refractivity contribution in [2.45, 2.75) is 19.1 Å². The molecule has 2 unspecified atom stereocenters. The normalized spacial score (nSPS) is 25.8. The average molecular weight is 334 g/mol. The van der Waals surface area contributed by atoms with Crippen LogP contribution in [-0.2, 0) is 4.74 Å². The van der Waals surface area contributed by atoms with Crippen molar-refractivity contribution in [3.05, 3.63) is 16.1 Å². The lowest BCUT2D eigenvalue weighted by Gasteiger charge is -2.38. The number of hydrogen-bond acceptors (Lipinski definition) is 5. The van der Waals surface area contributed by atoms with Crippen LogP contribution in [0.4, 0.5) is 5.82 Å². The highest BCUT2D eigenvalue weighted by Crippen LogP contribution is 2.23. The van der Waals surface area contributed by atoms with Crippen molar-refractivity contribution in [2.24, 2.45) is 5.73 Å². The molecule has 88 valence electrons. The van der Waals surface area contributed by atoms with E-state index >= 15 is 0 Å². The predicted octanol–water partition coefficient (Wildman–Crippen LogP) is 0.634. The minimum atomic E-state index is 0.0990. The third kappa shape index (κ3) is 2.44. The molecule has 16 heavy (non-hydrogen) atoms. The molecule has 2 atom stereocenters. The highest BCUT2D eigenvalue weighted by Gasteiger charge is 2.27. The molecule has 6 heteroatoms. The third-order valence-electron chi connectivity index (χ3n) is 2.69. The van der Waals surface area contributed by atoms with Crippen LogP contribution in [0.3, 0.4) is 0 Å². The summed E-state index contributed by atoms with van der Waals surface area (Å²) in [5.41, 5.74) is 5.64. The summed E-state index contributed by atoms with van der Waals surface area (Å²) in [4.78, 5) is 10.6. The monoisotopic (exact) mass is 334 g/mol. The summed E-state index contributed by atoms with van der Waals surface area (Å²) in [7, 11) is 0. The van der Waals surface area contributed by atoms with Crippen LogP contribution in [0.15, 0.2) is 12.5 Å². The molecule has 1 aliphatic heterocycles. The molecular formula is C10H15IN4O. The molecule has 2 heterocycles. The molecule has 2 rings (SSSR count). The van der Waals surface area contributed by atoms with Crippen LogP contribution in [0.2, 0.25) is 0 Å². The number of morpholine rings is 1. The Morgan fingerprint density at radius 1 is 1.69 bits per heavy atom. The summed E-state index contributed by atoms with van der Waals surface area (Å²) in [6.07, 6.45) is 3.50. The molecule has 1 aromatic rings. The first-order chi connectivity index (χ1) is 7.72. The Balaban J connectivity index is 2.21. The number of anilines is 1. The molecule has 5 nitrogen and oxygen atoms in total. The maximum atomic E-state index is 5.64. The molecule has 1 fully saturated rings. The van der Waals surface area contributed by atoms with Crippen molar-refractivity contribution in [3.8, 4) is 0 Å². The maximum Gasteiger partial charge on any atom is 0.145 e. The molecule has 0 radical (unpaired) electrons. The molecular weight excluding hydrogens is 319 g/mol. The lowest BCUT2D eigenvalue weighted by Crippen LogP contribution is -2.51. The summed E-state index contributed by atoms with van der Waals surface area (Å²) in [6.45, 7) is 4.17. The number of nitrogens with zero attached hydrogens (tertiary/aromatic N) is 3. The van der Waals surface area contributed by atoms with Gasteiger partial charge in [0.2, 0.25) is 0 Å². The second-order valence-corrected chi connectivity index (χ2v) is 5.05. The van der Waals surface area contributed by atoms with E-state index in [1.165, 1.54) is 0 Å². The first kappa shape index (κ1) is 12.0. The van der Waals surface area contributed by atoms with Crippen LogP contribution in [-0.4, -0.2) is 41.8 Å². The molecule has 0 saturated carbocycles. The molecule has 0 spiro atoms. The maximum absolute atomic E-state index is 5.64. The van der Waals surface area contributed by atoms with Crippen molar-refractivity contribution >= 4 is 28.4 Å². The van der Waals surface area contributed by atoms with E-state index in [4.69, 9.17) is 10.5 Å². The van der Waals surface area contributed by atoms with Crippen LogP contribution < -0.4 is 10.6 Å². The highest BCUT2D eigenvalue weighted by atomic mass is 127. The topological polar surface area (TPSA) is 64.3 Å². The van der Waals surface area contributed by atoms with Gasteiger partial charge in [0.15, 0.2) is 0 Å². The zero-order chi connectivity index (χ0) is 11.5. The van der Waals surface area contributed by atoms with Crippen LogP contribution in [0.1, 0.15) is 6.92 Å². The molecule has 1 aliphatic rings. The van der Waals surface area contributed by atoms with Crippen LogP contribution >= 0.6 is 22.6 Å². The number of ether oxygens (including phenoxy) is 1. The standard InChI is InChI=1S/C10H15IN4O/c1-7-5-16-8(2-12)4-15(7)10-9(11)3-13-6-14-10/h3,6-8H,2,4-5,12H2,1H3. The van der Waals surface area contributed by atoms with Crippen LogP contribution in [0, 0.1) is 3.57 Å². The fourth-order valence-electron chi connectivity index (χ4n) is 1.77. The molecule has 0 bridgehead atoms. The quantitative estimate of drug-likeness (QED) is 0.804. The van der Waals surface area contributed by atoms with Gasteiger partial charge in [-0.3, -0.25) is 0 Å². The molecule has 2 N–H and O–H groups in total. The largest absolute Gasteiger partial charge is 0.373 e. The Morgan fingerprint density at radius 3 is 3.19 bits per heavy atom. The smallest absolute Gasteiger partial charge is 0.145 e. The molecule has 1 aromatic heterocycles. The first-order valence-electron chi connectivity index (χ1n) is 5.26. The van der Waals surface area contributed by atoms with Crippen molar-refractivity contribution in [1.29, 1.82) is 0 Å². The van der Waals surface area contributed by atoms with E-state index in [-0.39, 0.29) is 6.10 Å². The lowest BCUT2D eigenvalue weighted by molar-refractivity contribution is 0.0279. The Kier molecular flexibility index (Phi) is 3.93. The van der Waals surface area contributed by atoms with Crippen molar-refractivity contribution in [1.82, 2.24) is 9.97 Å². The fraction of sp³-hybridized carbons (Fsp3) is 0.600. The van der Waals surface area contributed by atoms with Gasteiger partial charge in [-0.2, -0.15) is 0 Å². The second-order valence-electron chi connectivity index (χ2n) is 3.89. The van der Waals surface area contributed by atoms with Gasteiger partial charge in [-0.25, -0.2) is 9.97 Å². The zero-order valence-corrected chi connectivity index (χ0v) is 11.3. The van der Waals surface area contributed by atoms with Crippen molar-refractivity contribution in [2.75, 3.05) is 24.6 Å². The summed E-state index contributed by atoms with van der Waals surface area (Å²) in [6, 6.07) is 0.325. The second kappa shape index (κ2) is 5.24. The molecule has 1 saturated heterocycles. The Bertz CT molecular complexity index is 362. The van der Waals surface area contributed by atoms with Crippen LogP contribution in [0.25, 0.3) is 0 Å². The Labute approximate surface area is 109 Å². The van der Waals surface area contributed by atoms with Crippen molar-refractivity contribution < 1.29 is 4.74 Å². The summed E-state index contributed by atoms with van der Waals surface area (Å²) in [5.74, 6) is 0.977. The van der Waals surface area contributed by atoms with Gasteiger partial charge in [-0.1, -0.05) is 0 Å². The Morgan fingerprint density at radius 2 is 2.50 bits per heavy atom. The van der Waals surface area contributed by atoms with E-state index in [1.54, 1.807) is 6.33 Å². The third-order valence-corrected chi connectivity index (χ3v) is 3.45. The molecule has 0 amide bonds. The van der Waals surface area contributed by atoms with Gasteiger partial charge in [-0.15, -0.1) is 0 Å². The minimum absolute atomic E-state index is 0.0990. The SMILES string of the molecule is CC1COC(CN)CN1c1ncncc1I. The van der Waals surface area contributed by atoms with Gasteiger partial charge >= 0.3 is 0 Å². The fourth-order valence-corrected chi connectivity index (χ4v) is 2.38. The highest BCUT2D eigenvalue weighted by molar-refractivity contribution is 14.1. The molecule has 0 aliphatic carbocycles. The van der Waals surface area contributed by atoms with Crippen molar-refractivity contribution in [3.63, 3.8) is 0 Å². The number of nitrogens with two attached hydrogens (primary N) is 1. The average Bonchev–Trinajstić information content (AvgIpc) is 2.31. The van der Waals surface area contributed by atoms with E-state index in [0.29, 0.717) is 19.2 Å². The van der Waals surface area contributed by atoms with Gasteiger partial charge in [0, 0.05) is 19.3 Å². The number of rotatable bonds is 2. The minimum Gasteiger partial charge on any atom is -0.373 e. The van der Waals surface area contributed by atoms with E-state index in [2.05, 4.69) is 44.4 Å². The summed E-state index contributed by atoms with van der Waals surface area (Å²) in [5, 5.41) is 0. The van der Waals surface area contributed by atoms with E-state index in [0.717, 1.165) is 15.9 Å². The molecule has 0 aromatic carbocycles. The lowest BCUT2D eigenvalue weighted by atomic mass is 10.2.